The molecule has 5 nitrogen and oxygen atoms in total. The number of rotatable bonds is 6. The highest BCUT2D eigenvalue weighted by Gasteiger charge is 2.30. The van der Waals surface area contributed by atoms with Gasteiger partial charge in [-0.15, -0.1) is 23.1 Å². The molecule has 0 radical (unpaired) electrons. The zero-order valence-corrected chi connectivity index (χ0v) is 24.5. The molecule has 5 rings (SSSR count). The first-order chi connectivity index (χ1) is 18.8. The van der Waals surface area contributed by atoms with Gasteiger partial charge >= 0.3 is 0 Å². The average Bonchev–Trinajstić information content (AvgIpc) is 3.28. The summed E-state index contributed by atoms with van der Waals surface area (Å²) in [6, 6.07) is 17.2. The molecule has 3 aromatic rings. The second kappa shape index (κ2) is 11.5. The molecule has 1 amide bonds. The van der Waals surface area contributed by atoms with Crippen LogP contribution in [0.4, 0.5) is 5.00 Å². The topological polar surface area (TPSA) is 89.6 Å². The maximum absolute atomic E-state index is 12.9. The largest absolute Gasteiger partial charge is 0.317 e. The van der Waals surface area contributed by atoms with Crippen LogP contribution in [0.25, 0.3) is 0 Å². The Kier molecular flexibility index (Phi) is 8.12. The molecule has 0 aliphatic heterocycles. The van der Waals surface area contributed by atoms with E-state index in [1.165, 1.54) is 27.8 Å². The van der Waals surface area contributed by atoms with E-state index in [1.807, 2.05) is 12.1 Å². The molecule has 0 saturated heterocycles. The van der Waals surface area contributed by atoms with Crippen LogP contribution in [0.5, 0.6) is 0 Å². The normalized spacial score (nSPS) is 18.4. The highest BCUT2D eigenvalue weighted by atomic mass is 32.2. The van der Waals surface area contributed by atoms with Gasteiger partial charge in [0.2, 0.25) is 5.91 Å². The third-order valence-electron chi connectivity index (χ3n) is 8.17. The molecular formula is C32H34N4OS2. The van der Waals surface area contributed by atoms with E-state index in [0.717, 1.165) is 54.8 Å². The van der Waals surface area contributed by atoms with Gasteiger partial charge in [-0.1, -0.05) is 51.1 Å². The van der Waals surface area contributed by atoms with Gasteiger partial charge in [-0.3, -0.25) is 4.79 Å². The number of amides is 1. The molecule has 200 valence electrons. The molecule has 1 aromatic carbocycles. The Morgan fingerprint density at radius 3 is 2.64 bits per heavy atom. The van der Waals surface area contributed by atoms with E-state index < -0.39 is 0 Å². The van der Waals surface area contributed by atoms with Crippen LogP contribution >= 0.6 is 23.1 Å². The highest BCUT2D eigenvalue weighted by molar-refractivity contribution is 7.99. The first kappa shape index (κ1) is 27.4. The van der Waals surface area contributed by atoms with Gasteiger partial charge in [0.25, 0.3) is 0 Å². The van der Waals surface area contributed by atoms with E-state index in [-0.39, 0.29) is 11.3 Å². The number of aromatic nitrogens is 1. The monoisotopic (exact) mass is 554 g/mol. The Balaban J connectivity index is 1.21. The van der Waals surface area contributed by atoms with Gasteiger partial charge in [0.1, 0.15) is 22.2 Å². The minimum atomic E-state index is -0.110. The van der Waals surface area contributed by atoms with Crippen molar-refractivity contribution in [1.82, 2.24) is 4.98 Å². The van der Waals surface area contributed by atoms with Crippen molar-refractivity contribution in [2.24, 2.45) is 11.3 Å². The summed E-state index contributed by atoms with van der Waals surface area (Å²) in [4.78, 5) is 18.9. The molecule has 2 atom stereocenters. The number of hydrogen-bond donors (Lipinski definition) is 1. The highest BCUT2D eigenvalue weighted by Crippen LogP contribution is 2.42. The van der Waals surface area contributed by atoms with Crippen LogP contribution < -0.4 is 5.32 Å². The summed E-state index contributed by atoms with van der Waals surface area (Å²) in [7, 11) is 0. The quantitative estimate of drug-likeness (QED) is 0.320. The number of thioether (sulfide) groups is 1. The molecule has 2 unspecified atom stereocenters. The van der Waals surface area contributed by atoms with Crippen molar-refractivity contribution in [3.8, 4) is 12.1 Å². The number of carbonyl (C=O) groups is 1. The number of hydrogen-bond acceptors (Lipinski definition) is 6. The van der Waals surface area contributed by atoms with Crippen LogP contribution in [-0.2, 0) is 30.5 Å². The lowest BCUT2D eigenvalue weighted by atomic mass is 9.71. The van der Waals surface area contributed by atoms with Crippen molar-refractivity contribution < 1.29 is 4.79 Å². The van der Waals surface area contributed by atoms with Gasteiger partial charge < -0.3 is 5.32 Å². The molecule has 7 heteroatoms. The van der Waals surface area contributed by atoms with E-state index in [2.05, 4.69) is 62.5 Å². The van der Waals surface area contributed by atoms with Gasteiger partial charge in [0.05, 0.1) is 11.1 Å². The molecule has 0 spiro atoms. The predicted octanol–water partition coefficient (Wildman–Crippen LogP) is 7.43. The number of aryl methyl sites for hydroxylation is 1. The Bertz CT molecular complexity index is 1460. The molecule has 0 fully saturated rings. The summed E-state index contributed by atoms with van der Waals surface area (Å²) in [5.41, 5.74) is 6.18. The lowest BCUT2D eigenvalue weighted by Crippen LogP contribution is -2.27. The molecule has 0 saturated carbocycles. The zero-order chi connectivity index (χ0) is 27.6. The maximum Gasteiger partial charge on any atom is 0.225 e. The first-order valence-electron chi connectivity index (χ1n) is 13.7. The zero-order valence-electron chi connectivity index (χ0n) is 22.8. The predicted molar refractivity (Wildman–Crippen MR) is 158 cm³/mol. The number of benzene rings is 1. The van der Waals surface area contributed by atoms with Gasteiger partial charge in [-0.2, -0.15) is 10.5 Å². The summed E-state index contributed by atoms with van der Waals surface area (Å²) in [5.74, 6) is 1.45. The van der Waals surface area contributed by atoms with Crippen molar-refractivity contribution in [3.05, 3.63) is 74.8 Å². The van der Waals surface area contributed by atoms with Gasteiger partial charge in [0, 0.05) is 22.7 Å². The smallest absolute Gasteiger partial charge is 0.225 e. The summed E-state index contributed by atoms with van der Waals surface area (Å²) < 4.78 is 0. The lowest BCUT2D eigenvalue weighted by Gasteiger charge is -2.34. The summed E-state index contributed by atoms with van der Waals surface area (Å²) >= 11 is 3.02. The van der Waals surface area contributed by atoms with E-state index in [0.29, 0.717) is 40.1 Å². The molecule has 2 heterocycles. The summed E-state index contributed by atoms with van der Waals surface area (Å²) in [6.45, 7) is 6.84. The van der Waals surface area contributed by atoms with Crippen molar-refractivity contribution in [3.63, 3.8) is 0 Å². The summed E-state index contributed by atoms with van der Waals surface area (Å²) in [5, 5.41) is 24.0. The Hall–Kier alpha value is -3.13. The number of nitrogens with one attached hydrogen (secondary N) is 1. The number of nitrogens with zero attached hydrogens (tertiary/aromatic N) is 3. The molecular weight excluding hydrogens is 521 g/mol. The van der Waals surface area contributed by atoms with Crippen LogP contribution in [-0.4, -0.2) is 16.6 Å². The minimum absolute atomic E-state index is 0.110. The fraction of sp³-hybridized carbons (Fsp3) is 0.438. The van der Waals surface area contributed by atoms with Crippen molar-refractivity contribution in [2.45, 2.75) is 76.7 Å². The Labute approximate surface area is 239 Å². The van der Waals surface area contributed by atoms with Crippen molar-refractivity contribution in [2.75, 3.05) is 11.1 Å². The molecule has 2 aromatic heterocycles. The fourth-order valence-electron chi connectivity index (χ4n) is 5.81. The van der Waals surface area contributed by atoms with E-state index in [4.69, 9.17) is 4.98 Å². The van der Waals surface area contributed by atoms with E-state index in [9.17, 15) is 15.3 Å². The van der Waals surface area contributed by atoms with Gasteiger partial charge in [-0.25, -0.2) is 4.98 Å². The van der Waals surface area contributed by atoms with Crippen LogP contribution in [0.15, 0.2) is 41.4 Å². The molecule has 0 bridgehead atoms. The van der Waals surface area contributed by atoms with Crippen molar-refractivity contribution >= 4 is 34.0 Å². The van der Waals surface area contributed by atoms with Crippen LogP contribution in [0.1, 0.15) is 84.3 Å². The van der Waals surface area contributed by atoms with Gasteiger partial charge in [0.15, 0.2) is 0 Å². The number of anilines is 1. The van der Waals surface area contributed by atoms with Crippen LogP contribution in [0.2, 0.25) is 0 Å². The first-order valence-corrected chi connectivity index (χ1v) is 15.5. The Morgan fingerprint density at radius 2 is 1.92 bits per heavy atom. The SMILES string of the molecule is CC(C)(C)C1CCc2nc(SCCC(=O)Nc3sc4c(c3C#N)CCC(c3ccccc3)C4)c(C#N)cc2C1. The third-order valence-corrected chi connectivity index (χ3v) is 10.3. The van der Waals surface area contributed by atoms with Crippen LogP contribution in [0.3, 0.4) is 0 Å². The molecule has 39 heavy (non-hydrogen) atoms. The average molecular weight is 555 g/mol. The molecule has 2 aliphatic carbocycles. The van der Waals surface area contributed by atoms with Gasteiger partial charge in [-0.05, 0) is 78.5 Å². The Morgan fingerprint density at radius 1 is 1.13 bits per heavy atom. The third kappa shape index (κ3) is 6.06. The van der Waals surface area contributed by atoms with E-state index >= 15 is 0 Å². The second-order valence-corrected chi connectivity index (χ2v) is 13.9. The maximum atomic E-state index is 12.9. The fourth-order valence-corrected chi connectivity index (χ4v) is 8.02. The minimum Gasteiger partial charge on any atom is -0.317 e. The number of nitriles is 2. The van der Waals surface area contributed by atoms with E-state index in [1.54, 1.807) is 11.3 Å². The number of carbonyl (C=O) groups excluding carboxylic acids is 1. The number of thiophene rings is 1. The number of fused-ring (bicyclic) bond motifs is 2. The van der Waals surface area contributed by atoms with Crippen LogP contribution in [0, 0.1) is 34.0 Å². The summed E-state index contributed by atoms with van der Waals surface area (Å²) in [6.07, 6.45) is 6.08. The number of pyridine rings is 1. The second-order valence-electron chi connectivity index (χ2n) is 11.7. The standard InChI is InChI=1S/C32H34N4OS2/c1-32(2,3)24-10-12-27-22(16-24)15-23(18-33)30(35-27)38-14-13-29(37)36-31-26(19-34)25-11-9-21(17-28(25)39-31)20-7-5-4-6-8-20/h4-8,15,21,24H,9-14,16-17H2,1-3H3,(H,36,37). The van der Waals surface area contributed by atoms with Crippen molar-refractivity contribution in [1.29, 1.82) is 10.5 Å². The molecule has 2 aliphatic rings. The lowest BCUT2D eigenvalue weighted by molar-refractivity contribution is -0.115. The molecule has 1 N–H and O–H groups in total.